The van der Waals surface area contributed by atoms with Crippen molar-refractivity contribution < 1.29 is 0 Å². The van der Waals surface area contributed by atoms with Gasteiger partial charge in [0.2, 0.25) is 0 Å². The number of hydrogen-bond acceptors (Lipinski definition) is 0. The Hall–Kier alpha value is -1.78. The monoisotopic (exact) mass is 374 g/mol. The minimum Gasteiger partial charge on any atom is -0.184 e. The van der Waals surface area contributed by atoms with Crippen molar-refractivity contribution in [3.05, 3.63) is 36.4 Å². The van der Waals surface area contributed by atoms with Gasteiger partial charge in [-0.15, -0.1) is 0 Å². The summed E-state index contributed by atoms with van der Waals surface area (Å²) < 4.78 is 0. The largest absolute Gasteiger partial charge is 0.184 e. The summed E-state index contributed by atoms with van der Waals surface area (Å²) >= 11 is 0. The van der Waals surface area contributed by atoms with E-state index >= 15 is 0 Å². The average molecular weight is 374 g/mol. The van der Waals surface area contributed by atoms with Crippen molar-refractivity contribution in [2.45, 2.75) is 13.8 Å². The number of rotatable bonds is 0. The molecule has 1 heteroatoms. The van der Waals surface area contributed by atoms with E-state index in [9.17, 15) is 0 Å². The summed E-state index contributed by atoms with van der Waals surface area (Å²) in [4.78, 5) is 0. The Balaban J connectivity index is 0. The molecule has 0 saturated heterocycles. The molecule has 0 saturated carbocycles. The summed E-state index contributed by atoms with van der Waals surface area (Å²) in [6.45, 7) is 4.00. The standard InChI is InChI=1S/C6H5.C2H6.Rf/c1-2-4-6-5-3-1;1-2;/h1-5H;1-2H3;/q-1;;. The molecule has 1 aromatic carbocycles. The zero-order valence-electron chi connectivity index (χ0n) is 6.09. The molecule has 0 aromatic heterocycles. The zero-order valence-corrected chi connectivity index (χ0v) is 12.5. The summed E-state index contributed by atoms with van der Waals surface area (Å²) in [6.07, 6.45) is 0. The van der Waals surface area contributed by atoms with Gasteiger partial charge in [0.1, 0.15) is 0 Å². The fourth-order valence-corrected chi connectivity index (χ4v) is 0.342. The van der Waals surface area contributed by atoms with Crippen molar-refractivity contribution in [2.75, 3.05) is 0 Å². The Kier molecular flexibility index (Phi) is 10.8. The minimum atomic E-state index is 0. The maximum Gasteiger partial charge on any atom is 0 e. The van der Waals surface area contributed by atoms with Gasteiger partial charge in [0, 0.05) is 0 Å². The van der Waals surface area contributed by atoms with Crippen molar-refractivity contribution in [3.63, 3.8) is 0 Å². The Morgan fingerprint density at radius 1 is 0.889 bits per heavy atom. The van der Waals surface area contributed by atoms with E-state index in [1.165, 1.54) is 0 Å². The first-order valence-corrected chi connectivity index (χ1v) is 2.91. The third kappa shape index (κ3) is 6.22. The molecule has 0 bridgehead atoms. The van der Waals surface area contributed by atoms with Gasteiger partial charge < -0.3 is 0 Å². The predicted octanol–water partition coefficient (Wildman–Crippen LogP) is 2.51. The maximum absolute atomic E-state index is 2.89. The smallest absolute Gasteiger partial charge is 0 e. The Morgan fingerprint density at radius 3 is 1.44 bits per heavy atom. The van der Waals surface area contributed by atoms with Gasteiger partial charge in [0.25, 0.3) is 0 Å². The fourth-order valence-electron chi connectivity index (χ4n) is 0.342. The molecule has 9 heavy (non-hydrogen) atoms. The molecule has 1 aromatic rings. The second kappa shape index (κ2) is 9.52. The summed E-state index contributed by atoms with van der Waals surface area (Å²) in [7, 11) is 0. The van der Waals surface area contributed by atoms with E-state index in [4.69, 9.17) is 0 Å². The van der Waals surface area contributed by atoms with Crippen LogP contribution in [0.5, 0.6) is 0 Å². The van der Waals surface area contributed by atoms with E-state index in [1.54, 1.807) is 0 Å². The Labute approximate surface area is 51.2 Å². The fraction of sp³-hybridized carbons (Fsp3) is 0.250. The van der Waals surface area contributed by atoms with Crippen LogP contribution in [0.3, 0.4) is 0 Å². The molecule has 46 valence electrons. The predicted molar refractivity (Wildman–Crippen MR) is 36.6 cm³/mol. The third-order valence-electron chi connectivity index (χ3n) is 0.607. The summed E-state index contributed by atoms with van der Waals surface area (Å²) in [5.74, 6) is 0. The van der Waals surface area contributed by atoms with Crippen molar-refractivity contribution in [1.82, 2.24) is 0 Å². The van der Waals surface area contributed by atoms with Crippen LogP contribution in [-0.4, -0.2) is 0 Å². The van der Waals surface area contributed by atoms with Crippen LogP contribution in [-0.2, 0) is 0 Å². The van der Waals surface area contributed by atoms with Crippen molar-refractivity contribution >= 4 is 0 Å². The molecule has 0 fully saturated rings. The van der Waals surface area contributed by atoms with E-state index in [-0.39, 0.29) is 0 Å². The van der Waals surface area contributed by atoms with Crippen LogP contribution in [0, 0.1) is 6.07 Å². The normalized spacial score (nSPS) is 6.00. The summed E-state index contributed by atoms with van der Waals surface area (Å²) in [5.41, 5.74) is 0. The first-order valence-electron chi connectivity index (χ1n) is 2.91. The molecule has 0 N–H and O–H groups in total. The first-order chi connectivity index (χ1) is 4.00. The van der Waals surface area contributed by atoms with Gasteiger partial charge in [-0.2, -0.15) is 36.4 Å². The van der Waals surface area contributed by atoms with Crippen LogP contribution < -0.4 is 0 Å². The van der Waals surface area contributed by atoms with Gasteiger partial charge in [-0.25, -0.2) is 0 Å². The van der Waals surface area contributed by atoms with Crippen molar-refractivity contribution in [2.24, 2.45) is 0 Å². The summed E-state index contributed by atoms with van der Waals surface area (Å²) in [5, 5.41) is 0. The van der Waals surface area contributed by atoms with Gasteiger partial charge in [-0.3, -0.25) is 0 Å². The minimum absolute atomic E-state index is 0. The van der Waals surface area contributed by atoms with Crippen LogP contribution in [0.2, 0.25) is 0 Å². The molecular formula is C8H11Rf-. The molecule has 1 rings (SSSR count). The second-order valence-corrected chi connectivity index (χ2v) is 1.08. The molecule has 0 aliphatic heterocycles. The van der Waals surface area contributed by atoms with E-state index in [1.807, 2.05) is 44.2 Å². The molecule has 0 atom stereocenters. The first kappa shape index (κ1) is 10.3. The van der Waals surface area contributed by atoms with Gasteiger partial charge in [0.15, 0.2) is 0 Å². The molecule has 0 spiro atoms. The van der Waals surface area contributed by atoms with Crippen LogP contribution in [0.25, 0.3) is 0 Å². The average Bonchev–Trinajstić information content (AvgIpc) is 1.96. The quantitative estimate of drug-likeness (QED) is 0.613. The number of hydrogen-bond donors (Lipinski definition) is 0. The maximum atomic E-state index is 2.89. The molecule has 0 aliphatic carbocycles. The topological polar surface area (TPSA) is 0 Å². The molecule has 0 aliphatic rings. The summed E-state index contributed by atoms with van der Waals surface area (Å²) in [6, 6.07) is 12.5. The van der Waals surface area contributed by atoms with Crippen LogP contribution >= 0.6 is 0 Å². The molecule has 0 amide bonds. The van der Waals surface area contributed by atoms with E-state index in [2.05, 4.69) is 6.07 Å². The van der Waals surface area contributed by atoms with E-state index in [0.717, 1.165) is 0 Å². The molecular weight excluding hydrogens is 363 g/mol. The van der Waals surface area contributed by atoms with Gasteiger partial charge >= 0.3 is 0 Å². The Morgan fingerprint density at radius 2 is 1.33 bits per heavy atom. The van der Waals surface area contributed by atoms with Gasteiger partial charge in [-0.05, 0) is 0 Å². The molecule has 0 unspecified atom stereocenters. The third-order valence-corrected chi connectivity index (χ3v) is 0.607. The number of benzene rings is 1. The van der Waals surface area contributed by atoms with E-state index in [0.29, 0.717) is 0 Å². The van der Waals surface area contributed by atoms with Crippen LogP contribution in [0.1, 0.15) is 13.8 Å². The zero-order chi connectivity index (χ0) is 6.24. The van der Waals surface area contributed by atoms with Gasteiger partial charge in [0.05, 0.1) is 0 Å². The van der Waals surface area contributed by atoms with Gasteiger partial charge in [-0.1, -0.05) is 13.8 Å². The van der Waals surface area contributed by atoms with Crippen LogP contribution in [0.15, 0.2) is 30.3 Å². The van der Waals surface area contributed by atoms with E-state index < -0.39 is 0 Å². The molecule has 0 heterocycles. The van der Waals surface area contributed by atoms with Crippen molar-refractivity contribution in [3.8, 4) is 0 Å². The molecule has 0 nitrogen and oxygen atoms in total. The van der Waals surface area contributed by atoms with Crippen molar-refractivity contribution in [1.29, 1.82) is 0 Å². The molecule has 0 radical (unpaired) electrons. The Bertz CT molecular complexity index is 76.5. The SMILES string of the molecule is CC.[Rf].[c-]1ccccc1. The second-order valence-electron chi connectivity index (χ2n) is 1.08. The van der Waals surface area contributed by atoms with Crippen LogP contribution in [0.4, 0.5) is 0 Å².